The van der Waals surface area contributed by atoms with Crippen LogP contribution in [0, 0.1) is 0 Å². The average Bonchev–Trinajstić information content (AvgIpc) is 4.19. The first-order chi connectivity index (χ1) is 36.8. The number of benzene rings is 1. The summed E-state index contributed by atoms with van der Waals surface area (Å²) >= 11 is 1.82. The smallest absolute Gasteiger partial charge is 0.442 e. The lowest BCUT2D eigenvalue weighted by molar-refractivity contribution is -0.464. The zero-order valence-electron chi connectivity index (χ0n) is 41.8. The zero-order valence-corrected chi connectivity index (χ0v) is 42.7. The van der Waals surface area contributed by atoms with Crippen molar-refractivity contribution < 1.29 is 116 Å². The second kappa shape index (κ2) is 27.6. The van der Waals surface area contributed by atoms with Crippen molar-refractivity contribution >= 4 is 29.6 Å². The van der Waals surface area contributed by atoms with E-state index < -0.39 is 130 Å². The quantitative estimate of drug-likeness (QED) is 0.0169. The first kappa shape index (κ1) is 60.9. The van der Waals surface area contributed by atoms with Gasteiger partial charge in [0.05, 0.1) is 70.5 Å². The van der Waals surface area contributed by atoms with Crippen LogP contribution in [-0.2, 0) is 64.9 Å². The number of rotatable bonds is 28. The number of fused-ring (bicyclic) bond motifs is 1. The van der Waals surface area contributed by atoms with Crippen LogP contribution in [-0.4, -0.2) is 233 Å². The molecule has 6 heterocycles. The third kappa shape index (κ3) is 15.2. The number of carbonyl (C=O) groups is 3. The van der Waals surface area contributed by atoms with E-state index in [4.69, 9.17) is 47.8 Å². The number of alkyl halides is 3. The Labute approximate surface area is 442 Å². The number of ether oxygens (including phenoxy) is 7. The van der Waals surface area contributed by atoms with E-state index in [0.717, 1.165) is 37.7 Å². The van der Waals surface area contributed by atoms with Gasteiger partial charge in [0, 0.05) is 42.0 Å². The van der Waals surface area contributed by atoms with Crippen molar-refractivity contribution in [1.29, 1.82) is 0 Å². The second-order valence-corrected chi connectivity index (χ2v) is 20.3. The van der Waals surface area contributed by atoms with Crippen LogP contribution < -0.4 is 31.5 Å². The number of aliphatic hydroxyl groups excluding tert-OH is 8. The van der Waals surface area contributed by atoms with Gasteiger partial charge < -0.3 is 95.3 Å². The number of hydroxylamine groups is 1. The van der Waals surface area contributed by atoms with Gasteiger partial charge in [-0.15, -0.1) is 10.2 Å². The SMILES string of the molecule is CC(=O)N[C@H]1C(NOCc2ccc(C3(C(F)(F)F)N=N3)cc2OCCOCCOCCNC(=O)CCCC[C@@H]2SC[C@@H]3NC(=O)N[C@@H]32)O[C@H](CO)[C@@H](OO[C@@H]2O[C@H](CO)[C@H](O)[C@H](O)[C@H]2O)[C@@H]1O[C@@H]1O[C@@H](C)[C@@H](O)[C@@H](O)[C@@H]1O. The lowest BCUT2D eigenvalue weighted by Gasteiger charge is -2.48. The molecule has 77 heavy (non-hydrogen) atoms. The van der Waals surface area contributed by atoms with Gasteiger partial charge in [-0.3, -0.25) is 14.4 Å². The van der Waals surface area contributed by atoms with Gasteiger partial charge in [-0.2, -0.15) is 30.4 Å². The number of halogens is 3. The van der Waals surface area contributed by atoms with Crippen molar-refractivity contribution in [2.24, 2.45) is 10.2 Å². The standard InChI is InChI=1S/C45H68F3N7O21S/c1-20-32(60)34(62)36(64)41(71-20)74-39-31(50-21(2)58)40(72-27(17-57)38(39)75-76-42-37(65)35(63)33(61)26(16-56)73-42)53-70-18-22-7-8-23(44(54-55-44)45(46,47)48)15-25(22)69-14-13-68-12-11-67-10-9-49-29(59)6-4-3-5-28-30-24(19-77-28)51-43(66)52-30/h7-8,15,20,24,26-28,30-42,53,56-57,60-65H,3-6,9-14,16-19H2,1-2H3,(H,49,59)(H,50,58)(H2,51,52,66)/t20-,24-,26+,27+,28-,30-,31+,32+,33-,34+,35-,36-,37+,38+,39+,40?,41-,42-/m0/s1. The minimum Gasteiger partial charge on any atom is -0.491 e. The number of urea groups is 1. The van der Waals surface area contributed by atoms with Gasteiger partial charge in [0.1, 0.15) is 73.4 Å². The van der Waals surface area contributed by atoms with Crippen molar-refractivity contribution in [2.75, 3.05) is 58.5 Å². The van der Waals surface area contributed by atoms with E-state index in [-0.39, 0.29) is 80.5 Å². The molecule has 5 saturated heterocycles. The molecule has 7 rings (SSSR count). The maximum atomic E-state index is 14.1. The average molecular weight is 1130 g/mol. The molecule has 1 unspecified atom stereocenters. The van der Waals surface area contributed by atoms with E-state index in [1.165, 1.54) is 13.0 Å². The van der Waals surface area contributed by atoms with Gasteiger partial charge in [-0.05, 0) is 25.8 Å². The molecule has 6 aliphatic rings. The molecule has 18 atom stereocenters. The van der Waals surface area contributed by atoms with Gasteiger partial charge in [-0.1, -0.05) is 18.6 Å². The summed E-state index contributed by atoms with van der Waals surface area (Å²) < 4.78 is 82.5. The topological polar surface area (TPSA) is 390 Å². The Morgan fingerprint density at radius 3 is 2.25 bits per heavy atom. The molecular weight excluding hydrogens is 1060 g/mol. The maximum Gasteiger partial charge on any atom is 0.442 e. The molecule has 0 aliphatic carbocycles. The number of aliphatic hydroxyl groups is 8. The Bertz CT molecular complexity index is 2130. The number of nitrogens with zero attached hydrogens (tertiary/aromatic N) is 2. The molecule has 1 aromatic carbocycles. The van der Waals surface area contributed by atoms with E-state index in [9.17, 15) is 68.4 Å². The van der Waals surface area contributed by atoms with Crippen molar-refractivity contribution in [2.45, 2.75) is 167 Å². The summed E-state index contributed by atoms with van der Waals surface area (Å²) in [7, 11) is 0. The molecule has 28 nitrogen and oxygen atoms in total. The van der Waals surface area contributed by atoms with Crippen LogP contribution in [0.15, 0.2) is 28.4 Å². The Kier molecular flexibility index (Phi) is 21.8. The zero-order chi connectivity index (χ0) is 55.6. The third-order valence-electron chi connectivity index (χ3n) is 13.5. The molecule has 32 heteroatoms. The molecule has 0 radical (unpaired) electrons. The molecule has 436 valence electrons. The number of thioether (sulfide) groups is 1. The van der Waals surface area contributed by atoms with Crippen LogP contribution in [0.4, 0.5) is 18.0 Å². The number of nitrogens with one attached hydrogen (secondary N) is 5. The summed E-state index contributed by atoms with van der Waals surface area (Å²) in [4.78, 5) is 53.4. The molecular formula is C45H68F3N7O21S. The summed E-state index contributed by atoms with van der Waals surface area (Å²) in [5.41, 5.74) is -0.428. The number of hydrogen-bond donors (Lipinski definition) is 13. The minimum absolute atomic E-state index is 0.0402. The molecule has 1 aromatic rings. The Balaban J connectivity index is 0.931. The summed E-state index contributed by atoms with van der Waals surface area (Å²) in [6.07, 6.45) is -25.7. The fourth-order valence-electron chi connectivity index (χ4n) is 9.23. The molecule has 0 saturated carbocycles. The molecule has 0 spiro atoms. The number of carbonyl (C=O) groups excluding carboxylic acids is 3. The molecule has 4 amide bonds. The van der Waals surface area contributed by atoms with Gasteiger partial charge in [0.15, 0.2) is 12.5 Å². The molecule has 5 fully saturated rings. The minimum atomic E-state index is -4.88. The molecule has 13 N–H and O–H groups in total. The largest absolute Gasteiger partial charge is 0.491 e. The fraction of sp³-hybridized carbons (Fsp3) is 0.800. The first-order valence-electron chi connectivity index (χ1n) is 25.0. The second-order valence-electron chi connectivity index (χ2n) is 19.0. The summed E-state index contributed by atoms with van der Waals surface area (Å²) in [5, 5.41) is 101. The number of unbranched alkanes of at least 4 members (excludes halogenated alkanes) is 1. The van der Waals surface area contributed by atoms with Gasteiger partial charge in [0.2, 0.25) is 18.1 Å². The van der Waals surface area contributed by atoms with Crippen LogP contribution >= 0.6 is 11.8 Å². The highest BCUT2D eigenvalue weighted by atomic mass is 32.2. The normalized spacial score (nSPS) is 35.5. The summed E-state index contributed by atoms with van der Waals surface area (Å²) in [6, 6.07) is 2.12. The van der Waals surface area contributed by atoms with Gasteiger partial charge in [-0.25, -0.2) is 14.6 Å². The van der Waals surface area contributed by atoms with Crippen LogP contribution in [0.3, 0.4) is 0 Å². The van der Waals surface area contributed by atoms with E-state index in [2.05, 4.69) is 37.0 Å². The Morgan fingerprint density at radius 1 is 0.844 bits per heavy atom. The van der Waals surface area contributed by atoms with Crippen molar-refractivity contribution in [3.63, 3.8) is 0 Å². The van der Waals surface area contributed by atoms with E-state index in [1.807, 2.05) is 11.8 Å². The first-order valence-corrected chi connectivity index (χ1v) is 26.1. The third-order valence-corrected chi connectivity index (χ3v) is 15.1. The maximum absolute atomic E-state index is 14.1. The molecule has 6 aliphatic heterocycles. The van der Waals surface area contributed by atoms with E-state index in [0.29, 0.717) is 18.1 Å². The van der Waals surface area contributed by atoms with Crippen LogP contribution in [0.2, 0.25) is 0 Å². The molecule has 0 bridgehead atoms. The monoisotopic (exact) mass is 1130 g/mol. The number of hydrogen-bond acceptors (Lipinski definition) is 25. The molecule has 0 aromatic heterocycles. The van der Waals surface area contributed by atoms with Crippen LogP contribution in [0.1, 0.15) is 50.7 Å². The summed E-state index contributed by atoms with van der Waals surface area (Å²) in [5.74, 6) is -0.0539. The van der Waals surface area contributed by atoms with Crippen molar-refractivity contribution in [3.05, 3.63) is 29.3 Å². The highest BCUT2D eigenvalue weighted by molar-refractivity contribution is 8.00. The van der Waals surface area contributed by atoms with E-state index in [1.54, 1.807) is 0 Å². The van der Waals surface area contributed by atoms with Crippen LogP contribution in [0.5, 0.6) is 5.75 Å². The summed E-state index contributed by atoms with van der Waals surface area (Å²) in [6.45, 7) is 0.806. The van der Waals surface area contributed by atoms with Gasteiger partial charge in [0.25, 0.3) is 0 Å². The predicted molar refractivity (Wildman–Crippen MR) is 251 cm³/mol. The highest BCUT2D eigenvalue weighted by Gasteiger charge is 2.65. The lowest BCUT2D eigenvalue weighted by atomic mass is 9.94. The Morgan fingerprint density at radius 2 is 1.55 bits per heavy atom. The van der Waals surface area contributed by atoms with Crippen molar-refractivity contribution in [1.82, 2.24) is 26.7 Å². The predicted octanol–water partition coefficient (Wildman–Crippen LogP) is -3.31. The fourth-order valence-corrected chi connectivity index (χ4v) is 10.8. The lowest BCUT2D eigenvalue weighted by Crippen LogP contribution is -2.70. The van der Waals surface area contributed by atoms with Crippen molar-refractivity contribution in [3.8, 4) is 5.75 Å². The Hall–Kier alpha value is -3.75. The van der Waals surface area contributed by atoms with E-state index >= 15 is 0 Å². The number of amides is 4. The van der Waals surface area contributed by atoms with Crippen LogP contribution in [0.25, 0.3) is 0 Å². The highest BCUT2D eigenvalue weighted by Crippen LogP contribution is 2.53. The van der Waals surface area contributed by atoms with Gasteiger partial charge >= 0.3 is 17.9 Å².